The van der Waals surface area contributed by atoms with Crippen LogP contribution >= 0.6 is 0 Å². The summed E-state index contributed by atoms with van der Waals surface area (Å²) >= 11 is 0. The van der Waals surface area contributed by atoms with Crippen LogP contribution in [0.5, 0.6) is 0 Å². The maximum atomic E-state index is 4.21. The average molecular weight is 133 g/mol. The van der Waals surface area contributed by atoms with Crippen molar-refractivity contribution in [2.75, 3.05) is 6.54 Å². The number of fused-ring (bicyclic) bond motifs is 1. The van der Waals surface area contributed by atoms with E-state index in [1.54, 1.807) is 5.57 Å². The molecule has 0 bridgehead atoms. The first-order valence-corrected chi connectivity index (χ1v) is 3.82. The van der Waals surface area contributed by atoms with Gasteiger partial charge in [0.05, 0.1) is 0 Å². The minimum absolute atomic E-state index is 0.638. The summed E-state index contributed by atoms with van der Waals surface area (Å²) in [4.78, 5) is 4.21. The van der Waals surface area contributed by atoms with Crippen molar-refractivity contribution in [2.45, 2.75) is 12.8 Å². The molecular weight excluding hydrogens is 122 g/mol. The second-order valence-corrected chi connectivity index (χ2v) is 2.83. The molecule has 1 atom stereocenters. The molecule has 0 spiro atoms. The van der Waals surface area contributed by atoms with Crippen LogP contribution in [0.2, 0.25) is 0 Å². The van der Waals surface area contributed by atoms with E-state index in [2.05, 4.69) is 23.2 Å². The molecule has 10 heavy (non-hydrogen) atoms. The highest BCUT2D eigenvalue weighted by Gasteiger charge is 2.14. The summed E-state index contributed by atoms with van der Waals surface area (Å²) in [6, 6.07) is 0. The normalized spacial score (nSPS) is 29.6. The summed E-state index contributed by atoms with van der Waals surface area (Å²) < 4.78 is 0. The van der Waals surface area contributed by atoms with Gasteiger partial charge >= 0.3 is 0 Å². The van der Waals surface area contributed by atoms with E-state index in [1.165, 1.54) is 12.8 Å². The van der Waals surface area contributed by atoms with E-state index < -0.39 is 0 Å². The predicted octanol–water partition coefficient (Wildman–Crippen LogP) is 1.96. The first-order chi connectivity index (χ1) is 4.97. The van der Waals surface area contributed by atoms with Crippen LogP contribution in [0.1, 0.15) is 12.8 Å². The van der Waals surface area contributed by atoms with E-state index >= 15 is 0 Å². The molecular formula is C9H11N. The molecule has 52 valence electrons. The molecule has 2 aliphatic rings. The van der Waals surface area contributed by atoms with Crippen molar-refractivity contribution < 1.29 is 0 Å². The Bertz CT molecular complexity index is 211. The zero-order chi connectivity index (χ0) is 6.81. The molecule has 2 rings (SSSR count). The monoisotopic (exact) mass is 133 g/mol. The van der Waals surface area contributed by atoms with Gasteiger partial charge in [-0.05, 0) is 18.9 Å². The Morgan fingerprint density at radius 1 is 1.50 bits per heavy atom. The van der Waals surface area contributed by atoms with Gasteiger partial charge < -0.3 is 0 Å². The maximum absolute atomic E-state index is 4.21. The molecule has 1 aliphatic heterocycles. The topological polar surface area (TPSA) is 12.4 Å². The molecule has 0 fully saturated rings. The van der Waals surface area contributed by atoms with E-state index in [4.69, 9.17) is 0 Å². The molecule has 1 heterocycles. The minimum Gasteiger partial charge on any atom is -0.292 e. The summed E-state index contributed by atoms with van der Waals surface area (Å²) in [5.41, 5.74) is 1.57. The molecule has 0 aromatic rings. The zero-order valence-corrected chi connectivity index (χ0v) is 5.96. The summed E-state index contributed by atoms with van der Waals surface area (Å²) in [7, 11) is 0. The van der Waals surface area contributed by atoms with Crippen LogP contribution in [0, 0.1) is 5.92 Å². The zero-order valence-electron chi connectivity index (χ0n) is 5.96. The van der Waals surface area contributed by atoms with E-state index in [-0.39, 0.29) is 0 Å². The summed E-state index contributed by atoms with van der Waals surface area (Å²) in [5, 5.41) is 0. The largest absolute Gasteiger partial charge is 0.292 e. The lowest BCUT2D eigenvalue weighted by atomic mass is 9.88. The molecule has 0 amide bonds. The van der Waals surface area contributed by atoms with Gasteiger partial charge in [-0.3, -0.25) is 4.99 Å². The van der Waals surface area contributed by atoms with Crippen molar-refractivity contribution in [1.29, 1.82) is 0 Å². The molecule has 0 saturated heterocycles. The molecule has 1 aliphatic carbocycles. The van der Waals surface area contributed by atoms with Gasteiger partial charge in [-0.15, -0.1) is 0 Å². The maximum Gasteiger partial charge on any atom is 0.0489 e. The highest BCUT2D eigenvalue weighted by atomic mass is 14.7. The minimum atomic E-state index is 0.638. The number of hydrogen-bond donors (Lipinski definition) is 0. The van der Waals surface area contributed by atoms with Crippen LogP contribution in [0.4, 0.5) is 0 Å². The molecule has 0 N–H and O–H groups in total. The molecule has 1 unspecified atom stereocenters. The van der Waals surface area contributed by atoms with Gasteiger partial charge in [0.15, 0.2) is 0 Å². The third-order valence-electron chi connectivity index (χ3n) is 2.14. The van der Waals surface area contributed by atoms with Gasteiger partial charge in [0.1, 0.15) is 0 Å². The summed E-state index contributed by atoms with van der Waals surface area (Å²) in [5.74, 6) is 0.638. The van der Waals surface area contributed by atoms with Crippen LogP contribution in [-0.4, -0.2) is 12.8 Å². The van der Waals surface area contributed by atoms with Crippen LogP contribution in [-0.2, 0) is 0 Å². The number of rotatable bonds is 0. The first kappa shape index (κ1) is 5.90. The molecule has 1 heteroatoms. The predicted molar refractivity (Wildman–Crippen MR) is 43.3 cm³/mol. The van der Waals surface area contributed by atoms with E-state index in [1.807, 2.05) is 6.21 Å². The Labute approximate surface area is 61.2 Å². The van der Waals surface area contributed by atoms with Crippen molar-refractivity contribution >= 4 is 6.21 Å². The molecule has 1 nitrogen and oxygen atoms in total. The number of aliphatic imine (C=N–C) groups is 1. The average Bonchev–Trinajstić information content (AvgIpc) is 2.05. The standard InChI is InChI=1S/C9H11N/c1-2-4-9-7-10-6-5-8(9)3-1/h2,4-6,9H,1,3,7H2. The lowest BCUT2D eigenvalue weighted by molar-refractivity contribution is 0.688. The van der Waals surface area contributed by atoms with Gasteiger partial charge in [-0.2, -0.15) is 0 Å². The van der Waals surface area contributed by atoms with Crippen molar-refractivity contribution in [1.82, 2.24) is 0 Å². The van der Waals surface area contributed by atoms with Crippen molar-refractivity contribution in [2.24, 2.45) is 10.9 Å². The van der Waals surface area contributed by atoms with Crippen LogP contribution in [0.3, 0.4) is 0 Å². The van der Waals surface area contributed by atoms with Crippen molar-refractivity contribution in [3.63, 3.8) is 0 Å². The second-order valence-electron chi connectivity index (χ2n) is 2.83. The quantitative estimate of drug-likeness (QED) is 0.448. The molecule has 0 aromatic carbocycles. The fourth-order valence-electron chi connectivity index (χ4n) is 1.53. The smallest absolute Gasteiger partial charge is 0.0489 e. The van der Waals surface area contributed by atoms with Crippen molar-refractivity contribution in [3.05, 3.63) is 23.8 Å². The molecule has 0 aromatic heterocycles. The van der Waals surface area contributed by atoms with Gasteiger partial charge in [-0.25, -0.2) is 0 Å². The van der Waals surface area contributed by atoms with Gasteiger partial charge in [0.2, 0.25) is 0 Å². The highest BCUT2D eigenvalue weighted by molar-refractivity contribution is 5.73. The SMILES string of the molecule is C1=CC2CN=CC=C2CC1. The van der Waals surface area contributed by atoms with Gasteiger partial charge in [0.25, 0.3) is 0 Å². The van der Waals surface area contributed by atoms with E-state index in [0.29, 0.717) is 5.92 Å². The Balaban J connectivity index is 2.26. The highest BCUT2D eigenvalue weighted by Crippen LogP contribution is 2.25. The van der Waals surface area contributed by atoms with Gasteiger partial charge in [-0.1, -0.05) is 17.7 Å². The Hall–Kier alpha value is -0.850. The number of dihydropyridines is 1. The third kappa shape index (κ3) is 0.919. The lowest BCUT2D eigenvalue weighted by Crippen LogP contribution is -2.11. The van der Waals surface area contributed by atoms with Crippen LogP contribution in [0.15, 0.2) is 28.8 Å². The first-order valence-electron chi connectivity index (χ1n) is 3.82. The van der Waals surface area contributed by atoms with Crippen LogP contribution < -0.4 is 0 Å². The fraction of sp³-hybridized carbons (Fsp3) is 0.444. The fourth-order valence-corrected chi connectivity index (χ4v) is 1.53. The van der Waals surface area contributed by atoms with Crippen LogP contribution in [0.25, 0.3) is 0 Å². The lowest BCUT2D eigenvalue weighted by Gasteiger charge is -2.20. The molecule has 0 saturated carbocycles. The summed E-state index contributed by atoms with van der Waals surface area (Å²) in [6.45, 7) is 0.975. The Kier molecular flexibility index (Phi) is 1.42. The number of allylic oxidation sites excluding steroid dienone is 2. The van der Waals surface area contributed by atoms with E-state index in [9.17, 15) is 0 Å². The third-order valence-corrected chi connectivity index (χ3v) is 2.14. The van der Waals surface area contributed by atoms with Crippen molar-refractivity contribution in [3.8, 4) is 0 Å². The van der Waals surface area contributed by atoms with E-state index in [0.717, 1.165) is 6.54 Å². The summed E-state index contributed by atoms with van der Waals surface area (Å²) in [6.07, 6.45) is 11.1. The second kappa shape index (κ2) is 2.41. The number of hydrogen-bond acceptors (Lipinski definition) is 1. The molecule has 0 radical (unpaired) electrons. The Morgan fingerprint density at radius 3 is 3.40 bits per heavy atom. The number of nitrogens with zero attached hydrogens (tertiary/aromatic N) is 1. The Morgan fingerprint density at radius 2 is 2.50 bits per heavy atom. The van der Waals surface area contributed by atoms with Gasteiger partial charge in [0, 0.05) is 18.7 Å².